The molecule has 7 nitrogen and oxygen atoms in total. The first kappa shape index (κ1) is 46.1. The van der Waals surface area contributed by atoms with Gasteiger partial charge in [-0.2, -0.15) is 0 Å². The third kappa shape index (κ3) is 22.7. The fraction of sp³-hybridized carbons (Fsp3) is 0.860. The Hall–Kier alpha value is -1.03. The molecule has 4 atom stereocenters. The Morgan fingerprint density at radius 2 is 1.20 bits per heavy atom. The first-order valence-corrected chi connectivity index (χ1v) is 22.9. The molecule has 0 unspecified atom stereocenters. The van der Waals surface area contributed by atoms with Crippen molar-refractivity contribution in [2.75, 3.05) is 26.8 Å². The van der Waals surface area contributed by atoms with E-state index >= 15 is 0 Å². The van der Waals surface area contributed by atoms with Crippen LogP contribution in [0.4, 0.5) is 0 Å². The highest BCUT2D eigenvalue weighted by Crippen LogP contribution is 2.35. The molecule has 51 heavy (non-hydrogen) atoms. The average molecular weight is 739 g/mol. The third-order valence-electron chi connectivity index (χ3n) is 10.4. The first-order chi connectivity index (χ1) is 24.7. The molecule has 1 aliphatic rings. The van der Waals surface area contributed by atoms with Gasteiger partial charge in [-0.05, 0) is 51.5 Å². The molecule has 1 fully saturated rings. The largest absolute Gasteiger partial charge is 0.377 e. The van der Waals surface area contributed by atoms with Crippen LogP contribution in [0.5, 0.6) is 0 Å². The zero-order valence-electron chi connectivity index (χ0n) is 33.6. The molecular weight excluding hydrogens is 661 g/mol. The molecule has 1 aliphatic heterocycles. The highest BCUT2D eigenvalue weighted by molar-refractivity contribution is 7.91. The lowest BCUT2D eigenvalue weighted by molar-refractivity contribution is -0.147. The van der Waals surface area contributed by atoms with E-state index in [-0.39, 0.29) is 25.1 Å². The number of rotatable bonds is 34. The predicted octanol–water partition coefficient (Wildman–Crippen LogP) is 11.5. The summed E-state index contributed by atoms with van der Waals surface area (Å²) >= 11 is 0. The Morgan fingerprint density at radius 1 is 0.686 bits per heavy atom. The lowest BCUT2D eigenvalue weighted by atomic mass is 9.98. The summed E-state index contributed by atoms with van der Waals surface area (Å²) < 4.78 is 56.0. The average Bonchev–Trinajstić information content (AvgIpc) is 3.40. The van der Waals surface area contributed by atoms with Crippen LogP contribution in [0.1, 0.15) is 180 Å². The van der Waals surface area contributed by atoms with Crippen LogP contribution >= 0.6 is 0 Å². The van der Waals surface area contributed by atoms with Crippen LogP contribution < -0.4 is 0 Å². The summed E-state index contributed by atoms with van der Waals surface area (Å²) in [6.45, 7) is 7.86. The highest BCUT2D eigenvalue weighted by atomic mass is 32.2. The summed E-state index contributed by atoms with van der Waals surface area (Å²) in [5.41, 5.74) is 1.24. The number of benzene rings is 1. The zero-order chi connectivity index (χ0) is 37.0. The third-order valence-corrected chi connectivity index (χ3v) is 12.0. The van der Waals surface area contributed by atoms with E-state index in [1.807, 2.05) is 19.9 Å². The Morgan fingerprint density at radius 3 is 1.75 bits per heavy atom. The van der Waals surface area contributed by atoms with Crippen molar-refractivity contribution in [3.63, 3.8) is 0 Å². The second-order valence-electron chi connectivity index (χ2n) is 15.6. The summed E-state index contributed by atoms with van der Waals surface area (Å²) in [4.78, 5) is 0. The van der Waals surface area contributed by atoms with Crippen LogP contribution in [0.3, 0.4) is 0 Å². The zero-order valence-corrected chi connectivity index (χ0v) is 34.4. The van der Waals surface area contributed by atoms with Gasteiger partial charge in [0.2, 0.25) is 0 Å². The van der Waals surface area contributed by atoms with Gasteiger partial charge in [-0.1, -0.05) is 159 Å². The van der Waals surface area contributed by atoms with Crippen molar-refractivity contribution in [3.05, 3.63) is 35.9 Å². The number of hydrogen-bond acceptors (Lipinski definition) is 7. The Balaban J connectivity index is 1.65. The molecule has 298 valence electrons. The molecule has 1 saturated heterocycles. The van der Waals surface area contributed by atoms with Gasteiger partial charge in [0.05, 0.1) is 30.2 Å². The van der Waals surface area contributed by atoms with Crippen LogP contribution in [0.2, 0.25) is 0 Å². The lowest BCUT2D eigenvalue weighted by Crippen LogP contribution is -2.37. The van der Waals surface area contributed by atoms with Crippen LogP contribution in [0.25, 0.3) is 0 Å². The van der Waals surface area contributed by atoms with E-state index in [2.05, 4.69) is 31.2 Å². The van der Waals surface area contributed by atoms with E-state index in [1.165, 1.54) is 115 Å². The molecule has 0 bridgehead atoms. The molecule has 0 radical (unpaired) electrons. The minimum atomic E-state index is -3.34. The highest BCUT2D eigenvalue weighted by Gasteiger charge is 2.42. The maximum atomic E-state index is 13.1. The maximum Gasteiger partial charge on any atom is 0.163 e. The smallest absolute Gasteiger partial charge is 0.163 e. The van der Waals surface area contributed by atoms with Crippen molar-refractivity contribution in [1.29, 1.82) is 0 Å². The summed E-state index contributed by atoms with van der Waals surface area (Å²) in [7, 11) is -1.74. The van der Waals surface area contributed by atoms with Crippen LogP contribution in [-0.2, 0) is 40.1 Å². The molecule has 1 heterocycles. The summed E-state index contributed by atoms with van der Waals surface area (Å²) in [6, 6.07) is 10.4. The van der Waals surface area contributed by atoms with Gasteiger partial charge >= 0.3 is 0 Å². The monoisotopic (exact) mass is 739 g/mol. The van der Waals surface area contributed by atoms with Gasteiger partial charge < -0.3 is 23.7 Å². The first-order valence-electron chi connectivity index (χ1n) is 20.9. The van der Waals surface area contributed by atoms with Crippen molar-refractivity contribution >= 4 is 9.84 Å². The van der Waals surface area contributed by atoms with Gasteiger partial charge in [0, 0.05) is 20.0 Å². The summed E-state index contributed by atoms with van der Waals surface area (Å²) in [6.07, 6.45) is 28.7. The molecule has 1 aromatic rings. The predicted molar refractivity (Wildman–Crippen MR) is 212 cm³/mol. The number of unbranched alkanes of at least 4 members (excludes halogenated alkanes) is 18. The molecule has 8 heteroatoms. The second kappa shape index (κ2) is 28.4. The SMILES string of the molecule is CCCCCCCCCCCC[C@H]1OC(C)(C)O[C@@H]1CC[C@@H]([C@@H](CCCCCCCCCCCCOCc1ccccc1)OCOC)S(C)(=O)=O. The van der Waals surface area contributed by atoms with Crippen molar-refractivity contribution < 1.29 is 32.1 Å². The molecule has 0 N–H and O–H groups in total. The van der Waals surface area contributed by atoms with E-state index in [9.17, 15) is 8.42 Å². The van der Waals surface area contributed by atoms with Gasteiger partial charge in [-0.15, -0.1) is 0 Å². The Kier molecular flexibility index (Phi) is 25.7. The van der Waals surface area contributed by atoms with Crippen LogP contribution in [0.15, 0.2) is 30.3 Å². The number of methoxy groups -OCH3 is 1. The van der Waals surface area contributed by atoms with Gasteiger partial charge in [0.1, 0.15) is 6.79 Å². The molecule has 0 aromatic heterocycles. The quantitative estimate of drug-likeness (QED) is 0.0514. The summed E-state index contributed by atoms with van der Waals surface area (Å²) in [5, 5.41) is -0.582. The van der Waals surface area contributed by atoms with Crippen molar-refractivity contribution in [2.24, 2.45) is 0 Å². The molecular formula is C43H78O7S. The van der Waals surface area contributed by atoms with Gasteiger partial charge in [0.25, 0.3) is 0 Å². The van der Waals surface area contributed by atoms with E-state index in [1.54, 1.807) is 7.11 Å². The summed E-state index contributed by atoms with van der Waals surface area (Å²) in [5.74, 6) is -0.641. The van der Waals surface area contributed by atoms with E-state index in [0.29, 0.717) is 19.4 Å². The second-order valence-corrected chi connectivity index (χ2v) is 17.9. The van der Waals surface area contributed by atoms with E-state index in [4.69, 9.17) is 23.7 Å². The molecule has 1 aromatic carbocycles. The van der Waals surface area contributed by atoms with Crippen molar-refractivity contribution in [2.45, 2.75) is 211 Å². The standard InChI is InChI=1S/C43H78O7S/c1-6-7-8-9-10-11-14-17-20-26-31-39-40(50-43(2,3)49-39)33-34-42(51(5,44)45)41(48-37-46-4)32-27-21-18-15-12-13-16-19-22-28-35-47-36-38-29-24-23-25-30-38/h23-25,29-30,39-42H,6-22,26-28,31-37H2,1-5H3/t39-,40-,41-,42+/m1/s1. The molecule has 0 aliphatic carbocycles. The van der Waals surface area contributed by atoms with E-state index in [0.717, 1.165) is 45.1 Å². The maximum absolute atomic E-state index is 13.1. The van der Waals surface area contributed by atoms with Gasteiger partial charge in [0.15, 0.2) is 15.6 Å². The van der Waals surface area contributed by atoms with Gasteiger partial charge in [-0.25, -0.2) is 8.42 Å². The minimum Gasteiger partial charge on any atom is -0.377 e. The van der Waals surface area contributed by atoms with E-state index < -0.39 is 20.9 Å². The van der Waals surface area contributed by atoms with Crippen molar-refractivity contribution in [3.8, 4) is 0 Å². The normalized spacial score (nSPS) is 18.7. The van der Waals surface area contributed by atoms with Crippen LogP contribution in [-0.4, -0.2) is 64.5 Å². The lowest BCUT2D eigenvalue weighted by Gasteiger charge is -2.27. The van der Waals surface area contributed by atoms with Crippen LogP contribution in [0, 0.1) is 0 Å². The molecule has 0 amide bonds. The van der Waals surface area contributed by atoms with Crippen molar-refractivity contribution in [1.82, 2.24) is 0 Å². The fourth-order valence-corrected chi connectivity index (χ4v) is 8.83. The molecule has 0 saturated carbocycles. The fourth-order valence-electron chi connectivity index (χ4n) is 7.50. The number of ether oxygens (including phenoxy) is 5. The minimum absolute atomic E-state index is 0.00606. The Labute approximate surface area is 314 Å². The Bertz CT molecular complexity index is 1050. The molecule has 0 spiro atoms. The number of hydrogen-bond donors (Lipinski definition) is 0. The van der Waals surface area contributed by atoms with Gasteiger partial charge in [-0.3, -0.25) is 0 Å². The molecule has 2 rings (SSSR count). The topological polar surface area (TPSA) is 80.3 Å². The number of sulfone groups is 1.